The number of nitrogens with one attached hydrogen (secondary N) is 1. The molecule has 0 aromatic carbocycles. The molecule has 106 valence electrons. The average molecular weight is 266 g/mol. The summed E-state index contributed by atoms with van der Waals surface area (Å²) in [5.74, 6) is 0.785. The first kappa shape index (κ1) is 15.4. The smallest absolute Gasteiger partial charge is 0.341 e. The maximum absolute atomic E-state index is 11.5. The zero-order chi connectivity index (χ0) is 14.1. The highest BCUT2D eigenvalue weighted by Gasteiger charge is 2.11. The van der Waals surface area contributed by atoms with Crippen LogP contribution in [-0.4, -0.2) is 37.8 Å². The number of carbonyl (C=O) groups is 1. The number of esters is 1. The van der Waals surface area contributed by atoms with Crippen LogP contribution in [-0.2, 0) is 9.47 Å². The molecule has 1 heterocycles. The lowest BCUT2D eigenvalue weighted by Crippen LogP contribution is -2.15. The second-order valence-corrected chi connectivity index (χ2v) is 4.61. The molecule has 0 unspecified atom stereocenters. The van der Waals surface area contributed by atoms with Crippen LogP contribution in [0, 0.1) is 5.92 Å². The van der Waals surface area contributed by atoms with E-state index in [-0.39, 0.29) is 0 Å². The molecule has 0 spiro atoms. The van der Waals surface area contributed by atoms with Gasteiger partial charge in [0.05, 0.1) is 13.7 Å². The molecule has 0 fully saturated rings. The predicted octanol–water partition coefficient (Wildman–Crippen LogP) is 2.34. The number of aromatic nitrogens is 1. The summed E-state index contributed by atoms with van der Waals surface area (Å²) in [7, 11) is 1.36. The fourth-order valence-electron chi connectivity index (χ4n) is 1.48. The lowest BCUT2D eigenvalue weighted by molar-refractivity contribution is 0.0601. The van der Waals surface area contributed by atoms with Crippen LogP contribution in [0.4, 0.5) is 5.82 Å². The topological polar surface area (TPSA) is 60.5 Å². The molecule has 0 amide bonds. The number of carbonyl (C=O) groups excluding carboxylic acids is 1. The Kier molecular flexibility index (Phi) is 6.89. The Hall–Kier alpha value is -1.62. The van der Waals surface area contributed by atoms with Crippen molar-refractivity contribution < 1.29 is 14.3 Å². The van der Waals surface area contributed by atoms with Crippen LogP contribution < -0.4 is 5.32 Å². The second kappa shape index (κ2) is 8.48. The second-order valence-electron chi connectivity index (χ2n) is 4.61. The Bertz CT molecular complexity index is 394. The quantitative estimate of drug-likeness (QED) is 0.578. The van der Waals surface area contributed by atoms with Crippen molar-refractivity contribution in [3.8, 4) is 0 Å². The van der Waals surface area contributed by atoms with Gasteiger partial charge in [0.2, 0.25) is 0 Å². The van der Waals surface area contributed by atoms with Crippen LogP contribution in [0.3, 0.4) is 0 Å². The molecule has 1 aromatic heterocycles. The number of ether oxygens (including phenoxy) is 2. The lowest BCUT2D eigenvalue weighted by Gasteiger charge is -2.10. The Labute approximate surface area is 114 Å². The summed E-state index contributed by atoms with van der Waals surface area (Å²) in [4.78, 5) is 15.6. The molecule has 0 radical (unpaired) electrons. The van der Waals surface area contributed by atoms with Gasteiger partial charge in [-0.05, 0) is 24.5 Å². The van der Waals surface area contributed by atoms with Gasteiger partial charge in [0.1, 0.15) is 11.4 Å². The molecule has 5 nitrogen and oxygen atoms in total. The van der Waals surface area contributed by atoms with E-state index in [1.54, 1.807) is 18.3 Å². The van der Waals surface area contributed by atoms with Crippen LogP contribution in [0.5, 0.6) is 0 Å². The summed E-state index contributed by atoms with van der Waals surface area (Å²) in [6.45, 7) is 6.28. The zero-order valence-electron chi connectivity index (χ0n) is 11.8. The highest BCUT2D eigenvalue weighted by molar-refractivity contribution is 5.94. The molecule has 19 heavy (non-hydrogen) atoms. The monoisotopic (exact) mass is 266 g/mol. The normalized spacial score (nSPS) is 10.5. The Morgan fingerprint density at radius 3 is 2.89 bits per heavy atom. The highest BCUT2D eigenvalue weighted by Crippen LogP contribution is 2.12. The van der Waals surface area contributed by atoms with E-state index >= 15 is 0 Å². The summed E-state index contributed by atoms with van der Waals surface area (Å²) in [5, 5.41) is 3.08. The molecular formula is C14H22N2O3. The molecule has 0 atom stereocenters. The van der Waals surface area contributed by atoms with Gasteiger partial charge in [-0.25, -0.2) is 9.78 Å². The van der Waals surface area contributed by atoms with Gasteiger partial charge in [0.25, 0.3) is 0 Å². The first-order valence-corrected chi connectivity index (χ1v) is 6.50. The van der Waals surface area contributed by atoms with Gasteiger partial charge in [-0.2, -0.15) is 0 Å². The van der Waals surface area contributed by atoms with Crippen molar-refractivity contribution in [3.63, 3.8) is 0 Å². The fraction of sp³-hybridized carbons (Fsp3) is 0.571. The van der Waals surface area contributed by atoms with Crippen molar-refractivity contribution in [2.75, 3.05) is 32.2 Å². The fourth-order valence-corrected chi connectivity index (χ4v) is 1.48. The first-order chi connectivity index (χ1) is 9.15. The molecule has 0 saturated heterocycles. The van der Waals surface area contributed by atoms with Crippen LogP contribution in [0.1, 0.15) is 30.6 Å². The third-order valence-electron chi connectivity index (χ3n) is 2.59. The minimum atomic E-state index is -0.392. The Balaban J connectivity index is 2.35. The van der Waals surface area contributed by atoms with E-state index in [4.69, 9.17) is 9.47 Å². The molecule has 1 aromatic rings. The van der Waals surface area contributed by atoms with Gasteiger partial charge in [0.15, 0.2) is 0 Å². The van der Waals surface area contributed by atoms with Crippen molar-refractivity contribution in [2.24, 2.45) is 5.92 Å². The van der Waals surface area contributed by atoms with Gasteiger partial charge < -0.3 is 14.8 Å². The SMILES string of the molecule is COC(=O)c1cccnc1NCCOCCC(C)C. The largest absolute Gasteiger partial charge is 0.465 e. The van der Waals surface area contributed by atoms with Crippen molar-refractivity contribution >= 4 is 11.8 Å². The van der Waals surface area contributed by atoms with Gasteiger partial charge in [-0.1, -0.05) is 13.8 Å². The van der Waals surface area contributed by atoms with Crippen molar-refractivity contribution in [1.82, 2.24) is 4.98 Å². The maximum atomic E-state index is 11.5. The molecule has 0 bridgehead atoms. The maximum Gasteiger partial charge on any atom is 0.341 e. The summed E-state index contributed by atoms with van der Waals surface area (Å²) in [6, 6.07) is 3.39. The minimum Gasteiger partial charge on any atom is -0.465 e. The predicted molar refractivity (Wildman–Crippen MR) is 74.3 cm³/mol. The van der Waals surface area contributed by atoms with Crippen molar-refractivity contribution in [2.45, 2.75) is 20.3 Å². The van der Waals surface area contributed by atoms with Gasteiger partial charge in [0, 0.05) is 19.3 Å². The van der Waals surface area contributed by atoms with E-state index < -0.39 is 5.97 Å². The number of hydrogen-bond donors (Lipinski definition) is 1. The molecule has 1 rings (SSSR count). The van der Waals surface area contributed by atoms with Crippen LogP contribution in [0.2, 0.25) is 0 Å². The third kappa shape index (κ3) is 5.70. The molecular weight excluding hydrogens is 244 g/mol. The highest BCUT2D eigenvalue weighted by atomic mass is 16.5. The molecule has 0 aliphatic heterocycles. The summed E-state index contributed by atoms with van der Waals surface area (Å²) < 4.78 is 10.2. The number of nitrogens with zero attached hydrogens (tertiary/aromatic N) is 1. The van der Waals surface area contributed by atoms with Crippen LogP contribution in [0.15, 0.2) is 18.3 Å². The summed E-state index contributed by atoms with van der Waals surface area (Å²) in [5.41, 5.74) is 0.437. The van der Waals surface area contributed by atoms with Crippen molar-refractivity contribution in [1.29, 1.82) is 0 Å². The molecule has 5 heteroatoms. The van der Waals surface area contributed by atoms with E-state index in [9.17, 15) is 4.79 Å². The number of rotatable bonds is 8. The minimum absolute atomic E-state index is 0.392. The molecule has 0 aliphatic rings. The van der Waals surface area contributed by atoms with Crippen molar-refractivity contribution in [3.05, 3.63) is 23.9 Å². The first-order valence-electron chi connectivity index (χ1n) is 6.50. The average Bonchev–Trinajstić information content (AvgIpc) is 2.42. The Morgan fingerprint density at radius 1 is 1.42 bits per heavy atom. The zero-order valence-corrected chi connectivity index (χ0v) is 11.8. The number of hydrogen-bond acceptors (Lipinski definition) is 5. The van der Waals surface area contributed by atoms with Gasteiger partial charge in [-0.3, -0.25) is 0 Å². The van der Waals surface area contributed by atoms with E-state index in [1.165, 1.54) is 7.11 Å². The number of methoxy groups -OCH3 is 1. The number of anilines is 1. The molecule has 1 N–H and O–H groups in total. The lowest BCUT2D eigenvalue weighted by atomic mass is 10.1. The van der Waals surface area contributed by atoms with E-state index in [2.05, 4.69) is 24.1 Å². The van der Waals surface area contributed by atoms with E-state index in [0.29, 0.717) is 30.5 Å². The summed E-state index contributed by atoms with van der Waals surface area (Å²) >= 11 is 0. The number of pyridine rings is 1. The van der Waals surface area contributed by atoms with Gasteiger partial charge >= 0.3 is 5.97 Å². The van der Waals surface area contributed by atoms with Crippen LogP contribution >= 0.6 is 0 Å². The summed E-state index contributed by atoms with van der Waals surface area (Å²) in [6.07, 6.45) is 2.69. The van der Waals surface area contributed by atoms with Crippen LogP contribution in [0.25, 0.3) is 0 Å². The standard InChI is InChI=1S/C14H22N2O3/c1-11(2)6-9-19-10-8-16-13-12(14(17)18-3)5-4-7-15-13/h4-5,7,11H,6,8-10H2,1-3H3,(H,15,16). The molecule has 0 saturated carbocycles. The van der Waals surface area contributed by atoms with E-state index in [0.717, 1.165) is 13.0 Å². The molecule has 0 aliphatic carbocycles. The van der Waals surface area contributed by atoms with Gasteiger partial charge in [-0.15, -0.1) is 0 Å². The third-order valence-corrected chi connectivity index (χ3v) is 2.59. The van der Waals surface area contributed by atoms with E-state index in [1.807, 2.05) is 0 Å². The Morgan fingerprint density at radius 2 is 2.21 bits per heavy atom.